The van der Waals surface area contributed by atoms with Crippen LogP contribution in [0.25, 0.3) is 16.9 Å². The van der Waals surface area contributed by atoms with Gasteiger partial charge in [-0.15, -0.1) is 0 Å². The fraction of sp³-hybridized carbons (Fsp3) is 0.130. The van der Waals surface area contributed by atoms with Crippen LogP contribution in [0.1, 0.15) is 12.5 Å². The molecule has 2 amide bonds. The van der Waals surface area contributed by atoms with E-state index < -0.39 is 0 Å². The average molecular weight is 430 g/mol. The molecule has 162 valence electrons. The van der Waals surface area contributed by atoms with Crippen molar-refractivity contribution >= 4 is 11.7 Å². The average Bonchev–Trinajstić information content (AvgIpc) is 3.21. The molecule has 9 nitrogen and oxygen atoms in total. The minimum Gasteiger partial charge on any atom is -0.494 e. The highest BCUT2D eigenvalue weighted by molar-refractivity contribution is 5.89. The van der Waals surface area contributed by atoms with E-state index >= 15 is 0 Å². The lowest BCUT2D eigenvalue weighted by Crippen LogP contribution is -2.28. The molecule has 32 heavy (non-hydrogen) atoms. The van der Waals surface area contributed by atoms with E-state index in [4.69, 9.17) is 4.74 Å². The Kier molecular flexibility index (Phi) is 6.26. The second-order valence-electron chi connectivity index (χ2n) is 6.86. The number of aromatic nitrogens is 4. The molecule has 0 atom stereocenters. The Morgan fingerprint density at radius 2 is 2.00 bits per heavy atom. The van der Waals surface area contributed by atoms with E-state index in [0.29, 0.717) is 23.7 Å². The first kappa shape index (κ1) is 20.9. The quantitative estimate of drug-likeness (QED) is 0.416. The molecular formula is C23H22N6O3. The van der Waals surface area contributed by atoms with Gasteiger partial charge in [0.05, 0.1) is 12.2 Å². The number of rotatable bonds is 7. The minimum absolute atomic E-state index is 0.233. The molecule has 4 aromatic rings. The smallest absolute Gasteiger partial charge is 0.319 e. The summed E-state index contributed by atoms with van der Waals surface area (Å²) in [6.45, 7) is 2.76. The number of carbonyl (C=O) groups excluding carboxylic acids is 1. The summed E-state index contributed by atoms with van der Waals surface area (Å²) >= 11 is 0. The second-order valence-corrected chi connectivity index (χ2v) is 6.86. The van der Waals surface area contributed by atoms with E-state index in [2.05, 4.69) is 25.7 Å². The van der Waals surface area contributed by atoms with Crippen LogP contribution < -0.4 is 20.9 Å². The number of nitrogens with zero attached hydrogens (tertiary/aromatic N) is 3. The van der Waals surface area contributed by atoms with E-state index in [9.17, 15) is 9.59 Å². The fourth-order valence-electron chi connectivity index (χ4n) is 3.12. The van der Waals surface area contributed by atoms with Gasteiger partial charge < -0.3 is 15.4 Å². The molecule has 0 saturated carbocycles. The first-order valence-corrected chi connectivity index (χ1v) is 10.1. The predicted molar refractivity (Wildman–Crippen MR) is 121 cm³/mol. The van der Waals surface area contributed by atoms with Gasteiger partial charge in [-0.25, -0.2) is 14.5 Å². The van der Waals surface area contributed by atoms with Gasteiger partial charge in [0, 0.05) is 42.6 Å². The van der Waals surface area contributed by atoms with Gasteiger partial charge in [-0.05, 0) is 55.0 Å². The third-order valence-electron chi connectivity index (χ3n) is 4.66. The Hall–Kier alpha value is -4.40. The largest absolute Gasteiger partial charge is 0.494 e. The van der Waals surface area contributed by atoms with Crippen LogP contribution in [0.2, 0.25) is 0 Å². The standard InChI is InChI=1S/C23H22N6O3/c1-2-32-19-7-5-18(6-8-19)28-23(31)26-13-16-9-11-25-21(12-16)29-22(30)20(15-27-29)17-4-3-10-24-14-17/h3-12,14-15,27H,2,13H2,1H3,(H2,26,28,31). The molecular weight excluding hydrogens is 408 g/mol. The van der Waals surface area contributed by atoms with Gasteiger partial charge in [0.15, 0.2) is 5.82 Å². The monoisotopic (exact) mass is 430 g/mol. The van der Waals surface area contributed by atoms with Crippen LogP contribution in [0, 0.1) is 0 Å². The Bertz CT molecular complexity index is 1250. The Balaban J connectivity index is 1.41. The lowest BCUT2D eigenvalue weighted by atomic mass is 10.2. The third kappa shape index (κ3) is 4.84. The van der Waals surface area contributed by atoms with Gasteiger partial charge >= 0.3 is 6.03 Å². The van der Waals surface area contributed by atoms with E-state index in [1.807, 2.05) is 13.0 Å². The number of ether oxygens (including phenoxy) is 1. The normalized spacial score (nSPS) is 10.5. The second kappa shape index (κ2) is 9.61. The molecule has 9 heteroatoms. The van der Waals surface area contributed by atoms with Gasteiger partial charge in [-0.2, -0.15) is 0 Å². The van der Waals surface area contributed by atoms with E-state index in [1.54, 1.807) is 67.3 Å². The highest BCUT2D eigenvalue weighted by Gasteiger charge is 2.11. The number of aromatic amines is 1. The van der Waals surface area contributed by atoms with Crippen LogP contribution in [0.15, 0.2) is 78.1 Å². The summed E-state index contributed by atoms with van der Waals surface area (Å²) in [5.41, 5.74) is 2.43. The van der Waals surface area contributed by atoms with Crippen molar-refractivity contribution in [3.05, 3.63) is 89.2 Å². The van der Waals surface area contributed by atoms with Gasteiger partial charge in [0.2, 0.25) is 0 Å². The van der Waals surface area contributed by atoms with Crippen molar-refractivity contribution in [3.8, 4) is 22.7 Å². The van der Waals surface area contributed by atoms with Crippen molar-refractivity contribution < 1.29 is 9.53 Å². The summed E-state index contributed by atoms with van der Waals surface area (Å²) in [6.07, 6.45) is 6.49. The van der Waals surface area contributed by atoms with E-state index in [0.717, 1.165) is 16.9 Å². The van der Waals surface area contributed by atoms with Crippen molar-refractivity contribution in [2.45, 2.75) is 13.5 Å². The van der Waals surface area contributed by atoms with E-state index in [1.165, 1.54) is 4.68 Å². The first-order valence-electron chi connectivity index (χ1n) is 10.1. The molecule has 3 heterocycles. The van der Waals surface area contributed by atoms with Crippen molar-refractivity contribution in [2.24, 2.45) is 0 Å². The van der Waals surface area contributed by atoms with Crippen LogP contribution >= 0.6 is 0 Å². The predicted octanol–water partition coefficient (Wildman–Crippen LogP) is 3.34. The van der Waals surface area contributed by atoms with Crippen molar-refractivity contribution in [1.82, 2.24) is 25.1 Å². The van der Waals surface area contributed by atoms with Crippen molar-refractivity contribution in [1.29, 1.82) is 0 Å². The lowest BCUT2D eigenvalue weighted by Gasteiger charge is -2.09. The third-order valence-corrected chi connectivity index (χ3v) is 4.66. The summed E-state index contributed by atoms with van der Waals surface area (Å²) in [5.74, 6) is 1.17. The molecule has 0 spiro atoms. The van der Waals surface area contributed by atoms with Gasteiger partial charge in [-0.3, -0.25) is 14.9 Å². The first-order chi connectivity index (χ1) is 15.6. The Morgan fingerprint density at radius 1 is 1.16 bits per heavy atom. The van der Waals surface area contributed by atoms with Gasteiger partial charge in [0.25, 0.3) is 5.56 Å². The zero-order chi connectivity index (χ0) is 22.3. The molecule has 0 aliphatic rings. The zero-order valence-corrected chi connectivity index (χ0v) is 17.4. The zero-order valence-electron chi connectivity index (χ0n) is 17.4. The van der Waals surface area contributed by atoms with Crippen LogP contribution in [0.4, 0.5) is 10.5 Å². The number of urea groups is 1. The molecule has 4 rings (SSSR count). The van der Waals surface area contributed by atoms with Crippen LogP contribution in [-0.2, 0) is 6.54 Å². The number of H-pyrrole nitrogens is 1. The maximum Gasteiger partial charge on any atom is 0.319 e. The molecule has 1 aromatic carbocycles. The SMILES string of the molecule is CCOc1ccc(NC(=O)NCc2ccnc(-n3[nH]cc(-c4cccnc4)c3=O)c2)cc1. The summed E-state index contributed by atoms with van der Waals surface area (Å²) in [7, 11) is 0. The molecule has 0 aliphatic carbocycles. The summed E-state index contributed by atoms with van der Waals surface area (Å²) in [4.78, 5) is 33.3. The number of hydrogen-bond donors (Lipinski definition) is 3. The van der Waals surface area contributed by atoms with Gasteiger partial charge in [-0.1, -0.05) is 6.07 Å². The number of carbonyl (C=O) groups is 1. The molecule has 3 N–H and O–H groups in total. The molecule has 3 aromatic heterocycles. The fourth-order valence-corrected chi connectivity index (χ4v) is 3.12. The molecule has 0 saturated heterocycles. The highest BCUT2D eigenvalue weighted by atomic mass is 16.5. The summed E-state index contributed by atoms with van der Waals surface area (Å²) in [6, 6.07) is 13.9. The number of pyridine rings is 2. The molecule has 0 radical (unpaired) electrons. The van der Waals surface area contributed by atoms with Crippen LogP contribution in [0.5, 0.6) is 5.75 Å². The number of anilines is 1. The highest BCUT2D eigenvalue weighted by Crippen LogP contribution is 2.16. The summed E-state index contributed by atoms with van der Waals surface area (Å²) < 4.78 is 6.74. The molecule has 0 fully saturated rings. The van der Waals surface area contributed by atoms with Crippen molar-refractivity contribution in [3.63, 3.8) is 0 Å². The Labute approximate surface area is 184 Å². The molecule has 0 bridgehead atoms. The maximum atomic E-state index is 12.8. The number of hydrogen-bond acceptors (Lipinski definition) is 5. The Morgan fingerprint density at radius 3 is 2.75 bits per heavy atom. The van der Waals surface area contributed by atoms with Crippen molar-refractivity contribution in [2.75, 3.05) is 11.9 Å². The topological polar surface area (TPSA) is 114 Å². The molecule has 0 aliphatic heterocycles. The number of nitrogens with one attached hydrogen (secondary N) is 3. The van der Waals surface area contributed by atoms with Crippen LogP contribution in [0.3, 0.4) is 0 Å². The maximum absolute atomic E-state index is 12.8. The lowest BCUT2D eigenvalue weighted by molar-refractivity contribution is 0.251. The van der Waals surface area contributed by atoms with Gasteiger partial charge in [0.1, 0.15) is 5.75 Å². The summed E-state index contributed by atoms with van der Waals surface area (Å²) in [5, 5.41) is 8.50. The number of benzene rings is 1. The number of amides is 2. The minimum atomic E-state index is -0.344. The molecule has 0 unspecified atom stereocenters. The van der Waals surface area contributed by atoms with Crippen LogP contribution in [-0.4, -0.2) is 32.4 Å². The van der Waals surface area contributed by atoms with E-state index in [-0.39, 0.29) is 18.1 Å².